The highest BCUT2D eigenvalue weighted by Crippen LogP contribution is 2.25. The predicted molar refractivity (Wildman–Crippen MR) is 120 cm³/mol. The first-order valence-electron chi connectivity index (χ1n) is 9.85. The number of sulfonamides is 1. The molecule has 0 fully saturated rings. The van der Waals surface area contributed by atoms with E-state index in [1.165, 1.54) is 7.11 Å². The molecule has 8 nitrogen and oxygen atoms in total. The number of anilines is 1. The second kappa shape index (κ2) is 10.2. The van der Waals surface area contributed by atoms with Crippen LogP contribution in [-0.2, 0) is 16.4 Å². The molecule has 164 valence electrons. The molecule has 0 spiro atoms. The topological polar surface area (TPSA) is 102 Å². The number of nitrogens with zero attached hydrogens (tertiary/aromatic N) is 2. The van der Waals surface area contributed by atoms with Gasteiger partial charge in [0.15, 0.2) is 0 Å². The van der Waals surface area contributed by atoms with Crippen molar-refractivity contribution in [1.82, 2.24) is 14.7 Å². The van der Waals surface area contributed by atoms with Gasteiger partial charge < -0.3 is 14.8 Å². The fourth-order valence-corrected chi connectivity index (χ4v) is 4.06. The number of rotatable bonds is 10. The van der Waals surface area contributed by atoms with E-state index >= 15 is 0 Å². The highest BCUT2D eigenvalue weighted by atomic mass is 32.2. The van der Waals surface area contributed by atoms with E-state index in [-0.39, 0.29) is 10.9 Å². The van der Waals surface area contributed by atoms with E-state index in [0.717, 1.165) is 17.7 Å². The Morgan fingerprint density at radius 1 is 0.968 bits per heavy atom. The molecule has 1 aromatic heterocycles. The van der Waals surface area contributed by atoms with Gasteiger partial charge in [-0.15, -0.1) is 0 Å². The molecule has 0 aliphatic heterocycles. The number of ether oxygens (including phenoxy) is 2. The van der Waals surface area contributed by atoms with Crippen LogP contribution >= 0.6 is 0 Å². The minimum Gasteiger partial charge on any atom is -0.497 e. The van der Waals surface area contributed by atoms with E-state index in [1.54, 1.807) is 44.4 Å². The van der Waals surface area contributed by atoms with Crippen LogP contribution in [0.4, 0.5) is 5.82 Å². The molecule has 0 saturated carbocycles. The number of nitrogens with one attached hydrogen (secondary N) is 2. The summed E-state index contributed by atoms with van der Waals surface area (Å²) in [6.45, 7) is 2.71. The fraction of sp³-hybridized carbons (Fsp3) is 0.273. The van der Waals surface area contributed by atoms with Crippen molar-refractivity contribution in [2.75, 3.05) is 32.6 Å². The zero-order chi connectivity index (χ0) is 22.3. The zero-order valence-electron chi connectivity index (χ0n) is 17.8. The Bertz CT molecular complexity index is 1120. The lowest BCUT2D eigenvalue weighted by atomic mass is 10.1. The Morgan fingerprint density at radius 2 is 1.74 bits per heavy atom. The van der Waals surface area contributed by atoms with Gasteiger partial charge in [-0.25, -0.2) is 13.1 Å². The summed E-state index contributed by atoms with van der Waals surface area (Å²) in [4.78, 5) is 8.89. The number of benzene rings is 2. The molecular formula is C22H26N4O4S. The number of hydrogen-bond acceptors (Lipinski definition) is 7. The minimum absolute atomic E-state index is 0.179. The monoisotopic (exact) mass is 442 g/mol. The molecule has 3 aromatic rings. The second-order valence-corrected chi connectivity index (χ2v) is 8.45. The zero-order valence-corrected chi connectivity index (χ0v) is 18.6. The van der Waals surface area contributed by atoms with Crippen molar-refractivity contribution in [2.24, 2.45) is 0 Å². The Morgan fingerprint density at radius 3 is 2.42 bits per heavy atom. The van der Waals surface area contributed by atoms with Crippen LogP contribution in [0.2, 0.25) is 0 Å². The fourth-order valence-electron chi connectivity index (χ4n) is 2.98. The largest absolute Gasteiger partial charge is 0.497 e. The van der Waals surface area contributed by atoms with Crippen LogP contribution in [0.25, 0.3) is 11.3 Å². The molecule has 0 saturated heterocycles. The highest BCUT2D eigenvalue weighted by Gasteiger charge is 2.15. The van der Waals surface area contributed by atoms with Gasteiger partial charge in [0, 0.05) is 24.7 Å². The van der Waals surface area contributed by atoms with Gasteiger partial charge in [-0.3, -0.25) is 0 Å². The molecule has 0 radical (unpaired) electrons. The third-order valence-electron chi connectivity index (χ3n) is 4.54. The van der Waals surface area contributed by atoms with Crippen molar-refractivity contribution in [2.45, 2.75) is 18.2 Å². The van der Waals surface area contributed by atoms with Crippen LogP contribution < -0.4 is 19.5 Å². The maximum Gasteiger partial charge on any atom is 0.318 e. The number of methoxy groups -OCH3 is 2. The third kappa shape index (κ3) is 5.93. The van der Waals surface area contributed by atoms with E-state index < -0.39 is 10.0 Å². The van der Waals surface area contributed by atoms with E-state index in [9.17, 15) is 8.42 Å². The van der Waals surface area contributed by atoms with Crippen molar-refractivity contribution in [1.29, 1.82) is 0 Å². The van der Waals surface area contributed by atoms with Crippen LogP contribution in [0.1, 0.15) is 12.5 Å². The summed E-state index contributed by atoms with van der Waals surface area (Å²) in [5.41, 5.74) is 2.38. The summed E-state index contributed by atoms with van der Waals surface area (Å²) < 4.78 is 37.6. The standard InChI is InChI=1S/C22H26N4O4S/c1-4-24-31(27,28)19-7-5-6-17(14-19)20-15-21(26-22(25-20)30-3)23-13-12-16-8-10-18(29-2)11-9-16/h5-11,14-15,24H,4,12-13H2,1-3H3,(H,23,25,26). The van der Waals surface area contributed by atoms with Crippen LogP contribution in [0.5, 0.6) is 11.8 Å². The van der Waals surface area contributed by atoms with Gasteiger partial charge in [0.25, 0.3) is 0 Å². The molecule has 31 heavy (non-hydrogen) atoms. The van der Waals surface area contributed by atoms with Crippen LogP contribution in [-0.4, -0.2) is 45.7 Å². The van der Waals surface area contributed by atoms with E-state index in [4.69, 9.17) is 9.47 Å². The lowest BCUT2D eigenvalue weighted by molar-refractivity contribution is 0.381. The van der Waals surface area contributed by atoms with Gasteiger partial charge in [0.2, 0.25) is 10.0 Å². The lowest BCUT2D eigenvalue weighted by Crippen LogP contribution is -2.23. The maximum atomic E-state index is 12.3. The van der Waals surface area contributed by atoms with Crippen LogP contribution in [0.3, 0.4) is 0 Å². The van der Waals surface area contributed by atoms with E-state index in [2.05, 4.69) is 20.0 Å². The quantitative estimate of drug-likeness (QED) is 0.497. The van der Waals surface area contributed by atoms with Crippen LogP contribution in [0.15, 0.2) is 59.5 Å². The molecule has 3 rings (SSSR count). The highest BCUT2D eigenvalue weighted by molar-refractivity contribution is 7.89. The second-order valence-electron chi connectivity index (χ2n) is 6.68. The Balaban J connectivity index is 1.79. The first kappa shape index (κ1) is 22.5. The summed E-state index contributed by atoms with van der Waals surface area (Å²) in [6.07, 6.45) is 0.794. The molecule has 0 bridgehead atoms. The third-order valence-corrected chi connectivity index (χ3v) is 6.08. The van der Waals surface area contributed by atoms with E-state index in [1.807, 2.05) is 24.3 Å². The molecule has 0 unspecified atom stereocenters. The van der Waals surface area contributed by atoms with Gasteiger partial charge in [-0.1, -0.05) is 31.2 Å². The normalized spacial score (nSPS) is 11.2. The molecule has 0 aliphatic carbocycles. The summed E-state index contributed by atoms with van der Waals surface area (Å²) in [7, 11) is -0.432. The molecule has 1 heterocycles. The van der Waals surface area contributed by atoms with Crippen molar-refractivity contribution in [3.05, 3.63) is 60.2 Å². The van der Waals surface area contributed by atoms with Gasteiger partial charge >= 0.3 is 6.01 Å². The van der Waals surface area contributed by atoms with E-state index in [0.29, 0.717) is 30.2 Å². The molecule has 0 amide bonds. The Hall–Kier alpha value is -3.17. The summed E-state index contributed by atoms with van der Waals surface area (Å²) in [5, 5.41) is 3.28. The molecule has 2 aromatic carbocycles. The first-order valence-corrected chi connectivity index (χ1v) is 11.3. The van der Waals surface area contributed by atoms with Crippen molar-refractivity contribution < 1.29 is 17.9 Å². The van der Waals surface area contributed by atoms with Gasteiger partial charge in [-0.2, -0.15) is 9.97 Å². The average molecular weight is 443 g/mol. The summed E-state index contributed by atoms with van der Waals surface area (Å²) in [6, 6.07) is 16.5. The van der Waals surface area contributed by atoms with Crippen LogP contribution in [0, 0.1) is 0 Å². The first-order chi connectivity index (χ1) is 14.9. The molecule has 9 heteroatoms. The van der Waals surface area contributed by atoms with Crippen molar-refractivity contribution >= 4 is 15.8 Å². The van der Waals surface area contributed by atoms with Gasteiger partial charge in [0.05, 0.1) is 24.8 Å². The maximum absolute atomic E-state index is 12.3. The summed E-state index contributed by atoms with van der Waals surface area (Å²) in [5.74, 6) is 1.41. The SMILES string of the molecule is CCNS(=O)(=O)c1cccc(-c2cc(NCCc3ccc(OC)cc3)nc(OC)n2)c1. The molecule has 2 N–H and O–H groups in total. The summed E-state index contributed by atoms with van der Waals surface area (Å²) >= 11 is 0. The molecule has 0 atom stereocenters. The minimum atomic E-state index is -3.57. The lowest BCUT2D eigenvalue weighted by Gasteiger charge is -2.11. The number of aromatic nitrogens is 2. The predicted octanol–water partition coefficient (Wildman–Crippen LogP) is 3.11. The van der Waals surface area contributed by atoms with Crippen molar-refractivity contribution in [3.63, 3.8) is 0 Å². The smallest absolute Gasteiger partial charge is 0.318 e. The number of hydrogen-bond donors (Lipinski definition) is 2. The van der Waals surface area contributed by atoms with Gasteiger partial charge in [-0.05, 0) is 36.2 Å². The van der Waals surface area contributed by atoms with Crippen molar-refractivity contribution in [3.8, 4) is 23.0 Å². The average Bonchev–Trinajstić information content (AvgIpc) is 2.79. The Labute approximate surface area is 182 Å². The Kier molecular flexibility index (Phi) is 7.43. The molecular weight excluding hydrogens is 416 g/mol. The molecule has 0 aliphatic rings. The van der Waals surface area contributed by atoms with Gasteiger partial charge in [0.1, 0.15) is 11.6 Å².